The Morgan fingerprint density at radius 2 is 1.33 bits per heavy atom. The van der Waals surface area contributed by atoms with Gasteiger partial charge in [-0.3, -0.25) is 4.79 Å². The van der Waals surface area contributed by atoms with Gasteiger partial charge in [-0.05, 0) is 85.4 Å². The van der Waals surface area contributed by atoms with Crippen LogP contribution in [-0.4, -0.2) is 55.2 Å². The molecule has 2 aromatic heterocycles. The zero-order valence-corrected chi connectivity index (χ0v) is 27.5. The Balaban J connectivity index is 1.44. The molecule has 0 spiro atoms. The summed E-state index contributed by atoms with van der Waals surface area (Å²) >= 11 is 5.51. The fourth-order valence-electron chi connectivity index (χ4n) is 5.78. The van der Waals surface area contributed by atoms with Gasteiger partial charge in [-0.1, -0.05) is 12.1 Å². The fourth-order valence-corrected chi connectivity index (χ4v) is 6.00. The minimum absolute atomic E-state index is 0.0427. The molecule has 48 heavy (non-hydrogen) atoms. The van der Waals surface area contributed by atoms with Gasteiger partial charge in [0.15, 0.2) is 34.2 Å². The van der Waals surface area contributed by atoms with Crippen molar-refractivity contribution >= 4 is 56.8 Å². The maximum absolute atomic E-state index is 14.2. The van der Waals surface area contributed by atoms with E-state index < -0.39 is 0 Å². The summed E-state index contributed by atoms with van der Waals surface area (Å²) in [6.07, 6.45) is 6.53. The molecule has 5 aromatic rings. The molecule has 11 nitrogen and oxygen atoms in total. The minimum Gasteiger partial charge on any atom is -0.504 e. The number of thiocarbonyl (C=S) groups is 1. The smallest absolute Gasteiger partial charge is 0.219 e. The van der Waals surface area contributed by atoms with Crippen LogP contribution in [0, 0.1) is 0 Å². The Kier molecular flexibility index (Phi) is 9.17. The number of ether oxygens (including phenoxy) is 4. The van der Waals surface area contributed by atoms with Gasteiger partial charge in [-0.25, -0.2) is 9.98 Å². The number of rotatable bonds is 11. The van der Waals surface area contributed by atoms with Gasteiger partial charge in [0.05, 0.1) is 57.1 Å². The highest BCUT2D eigenvalue weighted by atomic mass is 32.1. The number of aromatic hydroxyl groups is 2. The van der Waals surface area contributed by atoms with E-state index in [1.807, 2.05) is 12.1 Å². The molecule has 0 unspecified atom stereocenters. The lowest BCUT2D eigenvalue weighted by Gasteiger charge is -2.19. The van der Waals surface area contributed by atoms with E-state index in [0.717, 1.165) is 11.1 Å². The molecule has 0 bridgehead atoms. The SMILES string of the molecule is COc1cc(CCC2=NC(=S)N=C(CCc3ccc(O)c(OC)c3)C2=Cc2coc3c(OC)c4occc4c(OC)c3c2=O)ccc1O. The van der Waals surface area contributed by atoms with Gasteiger partial charge in [0.2, 0.25) is 16.3 Å². The Hall–Kier alpha value is -5.62. The molecular weight excluding hydrogens is 636 g/mol. The third-order valence-electron chi connectivity index (χ3n) is 8.15. The van der Waals surface area contributed by atoms with E-state index in [1.165, 1.54) is 41.0 Å². The van der Waals surface area contributed by atoms with E-state index in [2.05, 4.69) is 9.98 Å². The molecule has 1 aliphatic rings. The molecule has 0 radical (unpaired) electrons. The first-order valence-electron chi connectivity index (χ1n) is 15.0. The van der Waals surface area contributed by atoms with Crippen molar-refractivity contribution in [2.45, 2.75) is 25.7 Å². The first kappa shape index (κ1) is 32.3. The molecule has 246 valence electrons. The van der Waals surface area contributed by atoms with Crippen molar-refractivity contribution in [3.8, 4) is 34.5 Å². The zero-order valence-electron chi connectivity index (χ0n) is 26.7. The molecule has 0 fully saturated rings. The predicted molar refractivity (Wildman–Crippen MR) is 187 cm³/mol. The quantitative estimate of drug-likeness (QED) is 0.144. The molecule has 0 aliphatic carbocycles. The Bertz CT molecular complexity index is 2130. The van der Waals surface area contributed by atoms with E-state index in [-0.39, 0.29) is 44.3 Å². The molecule has 0 saturated heterocycles. The first-order chi connectivity index (χ1) is 23.3. The summed E-state index contributed by atoms with van der Waals surface area (Å²) in [6.45, 7) is 0. The molecule has 1 aliphatic heterocycles. The topological polar surface area (TPSA) is 145 Å². The number of phenols is 2. The number of benzene rings is 3. The van der Waals surface area contributed by atoms with Crippen molar-refractivity contribution in [3.05, 3.63) is 87.5 Å². The van der Waals surface area contributed by atoms with Crippen LogP contribution in [0.25, 0.3) is 28.0 Å². The molecule has 12 heteroatoms. The van der Waals surface area contributed by atoms with Gasteiger partial charge in [0, 0.05) is 5.57 Å². The van der Waals surface area contributed by atoms with Gasteiger partial charge < -0.3 is 38.0 Å². The van der Waals surface area contributed by atoms with Crippen LogP contribution in [0.15, 0.2) is 84.2 Å². The molecule has 0 amide bonds. The lowest BCUT2D eigenvalue weighted by molar-refractivity contribution is 0.373. The summed E-state index contributed by atoms with van der Waals surface area (Å²) in [5.41, 5.74) is 4.20. The third-order valence-corrected chi connectivity index (χ3v) is 8.33. The number of hydrogen-bond donors (Lipinski definition) is 2. The Morgan fingerprint density at radius 3 is 1.88 bits per heavy atom. The number of aliphatic imine (C=N–C) groups is 2. The molecule has 3 aromatic carbocycles. The lowest BCUT2D eigenvalue weighted by Crippen LogP contribution is -2.22. The second-order valence-electron chi connectivity index (χ2n) is 10.9. The largest absolute Gasteiger partial charge is 0.504 e. The zero-order chi connectivity index (χ0) is 33.9. The van der Waals surface area contributed by atoms with E-state index >= 15 is 0 Å². The van der Waals surface area contributed by atoms with Crippen molar-refractivity contribution < 1.29 is 38.0 Å². The molecule has 0 saturated carbocycles. The Labute approximate surface area is 280 Å². The fraction of sp³-hybridized carbons (Fsp3) is 0.222. The summed E-state index contributed by atoms with van der Waals surface area (Å²) in [5.74, 6) is 1.39. The number of allylic oxidation sites excluding steroid dienone is 1. The number of fused-ring (bicyclic) bond motifs is 2. The number of nitrogens with zero attached hydrogens (tertiary/aromatic N) is 2. The van der Waals surface area contributed by atoms with Crippen LogP contribution in [0.5, 0.6) is 34.5 Å². The van der Waals surface area contributed by atoms with Crippen LogP contribution in [0.1, 0.15) is 29.5 Å². The van der Waals surface area contributed by atoms with Crippen molar-refractivity contribution in [2.24, 2.45) is 9.98 Å². The number of furan rings is 1. The van der Waals surface area contributed by atoms with Crippen molar-refractivity contribution in [3.63, 3.8) is 0 Å². The summed E-state index contributed by atoms with van der Waals surface area (Å²) in [5, 5.41) is 21.1. The number of phenolic OH excluding ortho intramolecular Hbond substituents is 2. The molecule has 0 atom stereocenters. The molecule has 3 heterocycles. The average molecular weight is 669 g/mol. The van der Waals surface area contributed by atoms with E-state index in [1.54, 1.807) is 36.4 Å². The third kappa shape index (κ3) is 6.09. The van der Waals surface area contributed by atoms with Crippen LogP contribution in [0.3, 0.4) is 0 Å². The van der Waals surface area contributed by atoms with Gasteiger partial charge in [-0.2, -0.15) is 0 Å². The molecule has 6 rings (SSSR count). The maximum Gasteiger partial charge on any atom is 0.219 e. The lowest BCUT2D eigenvalue weighted by atomic mass is 9.92. The summed E-state index contributed by atoms with van der Waals surface area (Å²) in [6, 6.07) is 12.0. The maximum atomic E-state index is 14.2. The highest BCUT2D eigenvalue weighted by molar-refractivity contribution is 7.80. The monoisotopic (exact) mass is 668 g/mol. The minimum atomic E-state index is -0.347. The van der Waals surface area contributed by atoms with Crippen LogP contribution in [-0.2, 0) is 12.8 Å². The first-order valence-corrected chi connectivity index (χ1v) is 15.4. The van der Waals surface area contributed by atoms with Gasteiger partial charge >= 0.3 is 0 Å². The summed E-state index contributed by atoms with van der Waals surface area (Å²) in [7, 11) is 5.94. The molecule has 2 N–H and O–H groups in total. The Morgan fingerprint density at radius 1 is 0.750 bits per heavy atom. The predicted octanol–water partition coefficient (Wildman–Crippen LogP) is 6.81. The second kappa shape index (κ2) is 13.6. The van der Waals surface area contributed by atoms with E-state index in [9.17, 15) is 15.0 Å². The summed E-state index contributed by atoms with van der Waals surface area (Å²) < 4.78 is 33.5. The highest BCUT2D eigenvalue weighted by Gasteiger charge is 2.25. The van der Waals surface area contributed by atoms with E-state index in [0.29, 0.717) is 70.9 Å². The number of methoxy groups -OCH3 is 4. The van der Waals surface area contributed by atoms with Gasteiger partial charge in [-0.15, -0.1) is 0 Å². The van der Waals surface area contributed by atoms with Crippen LogP contribution in [0.4, 0.5) is 0 Å². The summed E-state index contributed by atoms with van der Waals surface area (Å²) in [4.78, 5) is 23.5. The number of aryl methyl sites for hydroxylation is 2. The normalized spacial score (nSPS) is 13.0. The van der Waals surface area contributed by atoms with Crippen LogP contribution >= 0.6 is 12.2 Å². The van der Waals surface area contributed by atoms with E-state index in [4.69, 9.17) is 40.0 Å². The molecular formula is C36H32N2O9S. The van der Waals surface area contributed by atoms with Crippen LogP contribution < -0.4 is 24.4 Å². The van der Waals surface area contributed by atoms with Crippen LogP contribution in [0.2, 0.25) is 0 Å². The standard InChI is InChI=1S/C36H32N2O9S/c1-42-28-15-19(7-11-26(28)39)5-9-24-23(25(38-36(48)37-24)10-6-20-8-12-27(40)29(16-20)43-2)17-21-18-47-34-30(31(21)41)32(44-3)22-13-14-46-33(22)35(34)45-4/h7-8,11-18,39-40H,5-6,9-10H2,1-4H3. The van der Waals surface area contributed by atoms with Crippen molar-refractivity contribution in [2.75, 3.05) is 28.4 Å². The van der Waals surface area contributed by atoms with Crippen molar-refractivity contribution in [1.82, 2.24) is 0 Å². The second-order valence-corrected chi connectivity index (χ2v) is 11.3. The number of hydrogen-bond acceptors (Lipinski definition) is 10. The average Bonchev–Trinajstić information content (AvgIpc) is 3.58. The highest BCUT2D eigenvalue weighted by Crippen LogP contribution is 2.42. The van der Waals surface area contributed by atoms with Crippen molar-refractivity contribution in [1.29, 1.82) is 0 Å². The van der Waals surface area contributed by atoms with Gasteiger partial charge in [0.25, 0.3) is 0 Å². The van der Waals surface area contributed by atoms with Gasteiger partial charge in [0.1, 0.15) is 17.4 Å².